The monoisotopic (exact) mass is 363 g/mol. The molecule has 0 spiro atoms. The molecule has 2 atom stereocenters. The van der Waals surface area contributed by atoms with Crippen LogP contribution < -0.4 is 10.6 Å². The molecule has 0 bridgehead atoms. The normalized spacial score (nSPS) is 13.2. The summed E-state index contributed by atoms with van der Waals surface area (Å²) >= 11 is 2.91. The highest BCUT2D eigenvalue weighted by atomic mass is 32.2. The summed E-state index contributed by atoms with van der Waals surface area (Å²) in [6.07, 6.45) is 1.90. The van der Waals surface area contributed by atoms with Gasteiger partial charge in [0.2, 0.25) is 11.8 Å². The van der Waals surface area contributed by atoms with E-state index in [1.807, 2.05) is 49.7 Å². The Morgan fingerprint density at radius 3 is 2.46 bits per heavy atom. The first-order valence-electron chi connectivity index (χ1n) is 7.57. The van der Waals surface area contributed by atoms with Crippen LogP contribution in [-0.4, -0.2) is 28.3 Å². The SMILES string of the molecule is CSC(C)C(=O)Nc1nc(-c2ccc(C(C)NC(C)=O)cc2)cs1. The lowest BCUT2D eigenvalue weighted by molar-refractivity contribution is -0.119. The molecule has 0 aliphatic rings. The van der Waals surface area contributed by atoms with Gasteiger partial charge in [-0.25, -0.2) is 4.98 Å². The van der Waals surface area contributed by atoms with Crippen molar-refractivity contribution >= 4 is 40.0 Å². The van der Waals surface area contributed by atoms with Gasteiger partial charge in [-0.3, -0.25) is 9.59 Å². The Balaban J connectivity index is 2.07. The molecule has 128 valence electrons. The Labute approximate surface area is 150 Å². The number of nitrogens with zero attached hydrogens (tertiary/aromatic N) is 1. The second-order valence-electron chi connectivity index (χ2n) is 5.45. The standard InChI is InChI=1S/C17H21N3O2S2/c1-10(18-12(3)21)13-5-7-14(8-6-13)15-9-24-17(19-15)20-16(22)11(2)23-4/h5-11H,1-4H3,(H,18,21)(H,19,20,22). The Morgan fingerprint density at radius 2 is 1.88 bits per heavy atom. The molecule has 0 aliphatic carbocycles. The molecule has 0 saturated heterocycles. The van der Waals surface area contributed by atoms with Crippen molar-refractivity contribution in [1.29, 1.82) is 0 Å². The van der Waals surface area contributed by atoms with Crippen LogP contribution in [0.3, 0.4) is 0 Å². The number of nitrogens with one attached hydrogen (secondary N) is 2. The minimum absolute atomic E-state index is 0.0325. The van der Waals surface area contributed by atoms with Crippen molar-refractivity contribution in [3.63, 3.8) is 0 Å². The van der Waals surface area contributed by atoms with Crippen molar-refractivity contribution in [2.24, 2.45) is 0 Å². The number of amides is 2. The molecule has 2 aromatic rings. The maximum atomic E-state index is 11.9. The van der Waals surface area contributed by atoms with Crippen LogP contribution in [0.4, 0.5) is 5.13 Å². The zero-order chi connectivity index (χ0) is 17.7. The molecule has 1 heterocycles. The van der Waals surface area contributed by atoms with E-state index < -0.39 is 0 Å². The first kappa shape index (κ1) is 18.5. The molecule has 0 fully saturated rings. The number of aromatic nitrogens is 1. The Hall–Kier alpha value is -1.86. The van der Waals surface area contributed by atoms with Crippen LogP contribution in [0, 0.1) is 0 Å². The molecule has 1 aromatic carbocycles. The van der Waals surface area contributed by atoms with Gasteiger partial charge in [0.15, 0.2) is 5.13 Å². The molecule has 2 N–H and O–H groups in total. The second-order valence-corrected chi connectivity index (χ2v) is 7.49. The number of thiazole rings is 1. The summed E-state index contributed by atoms with van der Waals surface area (Å²) in [5.41, 5.74) is 2.83. The summed E-state index contributed by atoms with van der Waals surface area (Å²) in [6.45, 7) is 5.32. The number of thioether (sulfide) groups is 1. The number of anilines is 1. The highest BCUT2D eigenvalue weighted by molar-refractivity contribution is 7.99. The van der Waals surface area contributed by atoms with Gasteiger partial charge in [-0.1, -0.05) is 24.3 Å². The summed E-state index contributed by atoms with van der Waals surface area (Å²) < 4.78 is 0. The lowest BCUT2D eigenvalue weighted by Gasteiger charge is -2.13. The number of carbonyl (C=O) groups excluding carboxylic acids is 2. The van der Waals surface area contributed by atoms with Crippen molar-refractivity contribution in [1.82, 2.24) is 10.3 Å². The van der Waals surface area contributed by atoms with E-state index in [0.29, 0.717) is 5.13 Å². The van der Waals surface area contributed by atoms with Crippen LogP contribution in [0.15, 0.2) is 29.6 Å². The Bertz CT molecular complexity index is 713. The van der Waals surface area contributed by atoms with Gasteiger partial charge in [-0.2, -0.15) is 11.8 Å². The first-order chi connectivity index (χ1) is 11.4. The fraction of sp³-hybridized carbons (Fsp3) is 0.353. The average Bonchev–Trinajstić information content (AvgIpc) is 3.02. The zero-order valence-electron chi connectivity index (χ0n) is 14.1. The van der Waals surface area contributed by atoms with Gasteiger partial charge in [0.25, 0.3) is 0 Å². The molecule has 2 amide bonds. The summed E-state index contributed by atoms with van der Waals surface area (Å²) in [6, 6.07) is 7.86. The van der Waals surface area contributed by atoms with Crippen LogP contribution in [0.5, 0.6) is 0 Å². The van der Waals surface area contributed by atoms with E-state index in [0.717, 1.165) is 16.8 Å². The van der Waals surface area contributed by atoms with Crippen molar-refractivity contribution in [3.05, 3.63) is 35.2 Å². The molecule has 0 aliphatic heterocycles. The lowest BCUT2D eigenvalue weighted by Crippen LogP contribution is -2.23. The predicted molar refractivity (Wildman–Crippen MR) is 101 cm³/mol. The van der Waals surface area contributed by atoms with E-state index in [9.17, 15) is 9.59 Å². The molecule has 0 saturated carbocycles. The van der Waals surface area contributed by atoms with Gasteiger partial charge in [-0.05, 0) is 25.7 Å². The molecule has 0 radical (unpaired) electrons. The summed E-state index contributed by atoms with van der Waals surface area (Å²) in [5.74, 6) is -0.0891. The molecule has 5 nitrogen and oxygen atoms in total. The number of carbonyl (C=O) groups is 2. The second kappa shape index (κ2) is 8.30. The van der Waals surface area contributed by atoms with Crippen molar-refractivity contribution < 1.29 is 9.59 Å². The average molecular weight is 364 g/mol. The highest BCUT2D eigenvalue weighted by Gasteiger charge is 2.14. The van der Waals surface area contributed by atoms with Gasteiger partial charge in [0, 0.05) is 17.9 Å². The third-order valence-corrected chi connectivity index (χ3v) is 5.26. The summed E-state index contributed by atoms with van der Waals surface area (Å²) in [7, 11) is 0. The third-order valence-electron chi connectivity index (χ3n) is 3.58. The maximum Gasteiger partial charge on any atom is 0.238 e. The van der Waals surface area contributed by atoms with E-state index in [-0.39, 0.29) is 23.1 Å². The van der Waals surface area contributed by atoms with Gasteiger partial charge < -0.3 is 10.6 Å². The van der Waals surface area contributed by atoms with Crippen molar-refractivity contribution in [3.8, 4) is 11.3 Å². The quantitative estimate of drug-likeness (QED) is 0.821. The number of rotatable bonds is 6. The number of hydrogen-bond acceptors (Lipinski definition) is 5. The van der Waals surface area contributed by atoms with Crippen LogP contribution in [-0.2, 0) is 9.59 Å². The smallest absolute Gasteiger partial charge is 0.238 e. The third kappa shape index (κ3) is 4.82. The maximum absolute atomic E-state index is 11.9. The highest BCUT2D eigenvalue weighted by Crippen LogP contribution is 2.26. The van der Waals surface area contributed by atoms with E-state index in [4.69, 9.17) is 0 Å². The minimum atomic E-state index is -0.105. The minimum Gasteiger partial charge on any atom is -0.350 e. The van der Waals surface area contributed by atoms with Crippen LogP contribution >= 0.6 is 23.1 Å². The van der Waals surface area contributed by atoms with E-state index in [1.165, 1.54) is 30.0 Å². The van der Waals surface area contributed by atoms with E-state index in [2.05, 4.69) is 15.6 Å². The van der Waals surface area contributed by atoms with Crippen LogP contribution in [0.2, 0.25) is 0 Å². The predicted octanol–water partition coefficient (Wildman–Crippen LogP) is 3.70. The van der Waals surface area contributed by atoms with Gasteiger partial charge in [0.1, 0.15) is 0 Å². The van der Waals surface area contributed by atoms with Crippen molar-refractivity contribution in [2.75, 3.05) is 11.6 Å². The summed E-state index contributed by atoms with van der Waals surface area (Å²) in [4.78, 5) is 27.5. The lowest BCUT2D eigenvalue weighted by atomic mass is 10.1. The fourth-order valence-electron chi connectivity index (χ4n) is 2.11. The molecule has 2 rings (SSSR count). The molecular formula is C17H21N3O2S2. The zero-order valence-corrected chi connectivity index (χ0v) is 15.8. The van der Waals surface area contributed by atoms with Gasteiger partial charge >= 0.3 is 0 Å². The molecular weight excluding hydrogens is 342 g/mol. The summed E-state index contributed by atoms with van der Waals surface area (Å²) in [5, 5.41) is 8.11. The van der Waals surface area contributed by atoms with Gasteiger partial charge in [0.05, 0.1) is 17.0 Å². The van der Waals surface area contributed by atoms with Crippen molar-refractivity contribution in [2.45, 2.75) is 32.1 Å². The molecule has 7 heteroatoms. The van der Waals surface area contributed by atoms with Crippen LogP contribution in [0.1, 0.15) is 32.4 Å². The topological polar surface area (TPSA) is 71.1 Å². The fourth-order valence-corrected chi connectivity index (χ4v) is 3.10. The van der Waals surface area contributed by atoms with E-state index in [1.54, 1.807) is 0 Å². The Kier molecular flexibility index (Phi) is 6.39. The first-order valence-corrected chi connectivity index (χ1v) is 9.74. The largest absolute Gasteiger partial charge is 0.350 e. The van der Waals surface area contributed by atoms with Gasteiger partial charge in [-0.15, -0.1) is 11.3 Å². The Morgan fingerprint density at radius 1 is 1.21 bits per heavy atom. The molecule has 1 aromatic heterocycles. The molecule has 2 unspecified atom stereocenters. The number of benzene rings is 1. The van der Waals surface area contributed by atoms with Crippen LogP contribution in [0.25, 0.3) is 11.3 Å². The molecule has 24 heavy (non-hydrogen) atoms. The van der Waals surface area contributed by atoms with E-state index >= 15 is 0 Å². The number of hydrogen-bond donors (Lipinski definition) is 2.